The van der Waals surface area contributed by atoms with Crippen LogP contribution in [0.3, 0.4) is 0 Å². The van der Waals surface area contributed by atoms with Gasteiger partial charge in [0, 0.05) is 16.1 Å². The van der Waals surface area contributed by atoms with Crippen LogP contribution in [0.2, 0.25) is 0 Å². The van der Waals surface area contributed by atoms with Crippen molar-refractivity contribution in [3.05, 3.63) is 61.4 Å². The minimum Gasteiger partial charge on any atom is -0.329 e. The zero-order valence-electron chi connectivity index (χ0n) is 13.0. The van der Waals surface area contributed by atoms with Crippen LogP contribution in [0.15, 0.2) is 39.6 Å². The standard InChI is InChI=1S/C16H17BrN4OS/c1-3-14-19-21-15(22)8-13(18-16(21)23-14)10-20(2)9-11-4-6-12(17)7-5-11/h4-8H,3,9-10H2,1-2H3/p+1. The SMILES string of the molecule is CCc1nn2c(=O)cc(C[NH+](C)Cc3ccc(Br)cc3)nc2s1. The summed E-state index contributed by atoms with van der Waals surface area (Å²) in [6, 6.07) is 9.90. The molecule has 1 aromatic carbocycles. The van der Waals surface area contributed by atoms with Gasteiger partial charge >= 0.3 is 0 Å². The zero-order chi connectivity index (χ0) is 16.4. The van der Waals surface area contributed by atoms with E-state index in [9.17, 15) is 4.79 Å². The highest BCUT2D eigenvalue weighted by molar-refractivity contribution is 9.10. The second-order valence-corrected chi connectivity index (χ2v) is 7.52. The van der Waals surface area contributed by atoms with Crippen molar-refractivity contribution in [2.45, 2.75) is 26.4 Å². The number of halogens is 1. The number of nitrogens with one attached hydrogen (secondary N) is 1. The summed E-state index contributed by atoms with van der Waals surface area (Å²) in [5.41, 5.74) is 1.97. The summed E-state index contributed by atoms with van der Waals surface area (Å²) in [5, 5.41) is 5.21. The molecule has 0 aliphatic rings. The summed E-state index contributed by atoms with van der Waals surface area (Å²) >= 11 is 4.93. The lowest BCUT2D eigenvalue weighted by Crippen LogP contribution is -3.06. The van der Waals surface area contributed by atoms with E-state index in [0.717, 1.165) is 28.1 Å². The first kappa shape index (κ1) is 16.3. The van der Waals surface area contributed by atoms with Gasteiger partial charge in [0.2, 0.25) is 4.96 Å². The topological polar surface area (TPSA) is 51.7 Å². The molecule has 0 aliphatic heterocycles. The lowest BCUT2D eigenvalue weighted by molar-refractivity contribution is -0.908. The number of hydrogen-bond acceptors (Lipinski definition) is 4. The third kappa shape index (κ3) is 3.85. The Hall–Kier alpha value is -1.57. The molecule has 1 atom stereocenters. The molecular formula is C16H18BrN4OS+. The smallest absolute Gasteiger partial charge is 0.275 e. The maximum absolute atomic E-state index is 12.2. The molecule has 0 saturated carbocycles. The molecule has 0 aliphatic carbocycles. The summed E-state index contributed by atoms with van der Waals surface area (Å²) in [6.07, 6.45) is 0.817. The van der Waals surface area contributed by atoms with Gasteiger partial charge in [-0.05, 0) is 18.6 Å². The Labute approximate surface area is 146 Å². The number of fused-ring (bicyclic) bond motifs is 1. The number of nitrogens with zero attached hydrogens (tertiary/aromatic N) is 3. The number of benzene rings is 1. The van der Waals surface area contributed by atoms with Gasteiger partial charge in [-0.1, -0.05) is 46.3 Å². The van der Waals surface area contributed by atoms with Crippen LogP contribution in [0.4, 0.5) is 0 Å². The number of aryl methyl sites for hydroxylation is 1. The van der Waals surface area contributed by atoms with E-state index in [4.69, 9.17) is 0 Å². The molecule has 23 heavy (non-hydrogen) atoms. The van der Waals surface area contributed by atoms with E-state index < -0.39 is 0 Å². The number of quaternary nitrogens is 1. The molecule has 3 rings (SSSR count). The lowest BCUT2D eigenvalue weighted by Gasteiger charge is -2.13. The van der Waals surface area contributed by atoms with Crippen LogP contribution in [0.5, 0.6) is 0 Å². The second kappa shape index (κ2) is 6.90. The Morgan fingerprint density at radius 1 is 1.26 bits per heavy atom. The molecule has 0 fully saturated rings. The van der Waals surface area contributed by atoms with E-state index in [2.05, 4.69) is 45.2 Å². The Kier molecular flexibility index (Phi) is 4.89. The Balaban J connectivity index is 1.77. The van der Waals surface area contributed by atoms with Crippen LogP contribution in [0.1, 0.15) is 23.2 Å². The van der Waals surface area contributed by atoms with Gasteiger partial charge in [-0.2, -0.15) is 9.61 Å². The fraction of sp³-hybridized carbons (Fsp3) is 0.312. The van der Waals surface area contributed by atoms with Gasteiger partial charge in [-0.15, -0.1) is 0 Å². The van der Waals surface area contributed by atoms with Crippen molar-refractivity contribution in [2.75, 3.05) is 7.05 Å². The third-order valence-electron chi connectivity index (χ3n) is 3.54. The van der Waals surface area contributed by atoms with E-state index in [0.29, 0.717) is 11.5 Å². The molecule has 3 aromatic rings. The van der Waals surface area contributed by atoms with Gasteiger partial charge in [0.15, 0.2) is 0 Å². The first-order valence-corrected chi connectivity index (χ1v) is 9.10. The molecule has 0 radical (unpaired) electrons. The largest absolute Gasteiger partial charge is 0.329 e. The van der Waals surface area contributed by atoms with E-state index in [1.165, 1.54) is 26.3 Å². The summed E-state index contributed by atoms with van der Waals surface area (Å²) in [5.74, 6) is 0. The van der Waals surface area contributed by atoms with Crippen molar-refractivity contribution < 1.29 is 4.90 Å². The first-order chi connectivity index (χ1) is 11.0. The Bertz CT molecular complexity index is 872. The molecule has 0 spiro atoms. The van der Waals surface area contributed by atoms with Gasteiger partial charge in [0.1, 0.15) is 23.8 Å². The van der Waals surface area contributed by atoms with Crippen LogP contribution < -0.4 is 10.5 Å². The maximum Gasteiger partial charge on any atom is 0.275 e. The van der Waals surface area contributed by atoms with Crippen molar-refractivity contribution in [1.82, 2.24) is 14.6 Å². The molecule has 120 valence electrons. The van der Waals surface area contributed by atoms with Crippen molar-refractivity contribution in [3.63, 3.8) is 0 Å². The molecule has 0 saturated heterocycles. The molecule has 1 unspecified atom stereocenters. The fourth-order valence-electron chi connectivity index (χ4n) is 2.45. The highest BCUT2D eigenvalue weighted by atomic mass is 79.9. The highest BCUT2D eigenvalue weighted by Crippen LogP contribution is 2.12. The van der Waals surface area contributed by atoms with Crippen LogP contribution in [-0.4, -0.2) is 21.6 Å². The third-order valence-corrected chi connectivity index (χ3v) is 5.13. The average molecular weight is 394 g/mol. The van der Waals surface area contributed by atoms with Crippen LogP contribution in [-0.2, 0) is 19.5 Å². The predicted molar refractivity (Wildman–Crippen MR) is 94.9 cm³/mol. The van der Waals surface area contributed by atoms with Crippen LogP contribution >= 0.6 is 27.3 Å². The molecule has 1 N–H and O–H groups in total. The minimum atomic E-state index is -0.0996. The van der Waals surface area contributed by atoms with Gasteiger partial charge in [-0.25, -0.2) is 4.98 Å². The predicted octanol–water partition coefficient (Wildman–Crippen LogP) is 1.69. The molecule has 2 aromatic heterocycles. The summed E-state index contributed by atoms with van der Waals surface area (Å²) in [7, 11) is 2.11. The van der Waals surface area contributed by atoms with Gasteiger partial charge in [0.05, 0.1) is 7.05 Å². The molecule has 7 heteroatoms. The Morgan fingerprint density at radius 3 is 2.70 bits per heavy atom. The van der Waals surface area contributed by atoms with E-state index in [1.807, 2.05) is 19.1 Å². The molecule has 0 amide bonds. The van der Waals surface area contributed by atoms with Crippen LogP contribution in [0, 0.1) is 0 Å². The van der Waals surface area contributed by atoms with Crippen molar-refractivity contribution in [1.29, 1.82) is 0 Å². The quantitative estimate of drug-likeness (QED) is 0.717. The minimum absolute atomic E-state index is 0.0996. The van der Waals surface area contributed by atoms with E-state index in [1.54, 1.807) is 6.07 Å². The van der Waals surface area contributed by atoms with E-state index >= 15 is 0 Å². The van der Waals surface area contributed by atoms with Crippen molar-refractivity contribution in [3.8, 4) is 0 Å². The first-order valence-electron chi connectivity index (χ1n) is 7.49. The van der Waals surface area contributed by atoms with Crippen molar-refractivity contribution >= 4 is 32.2 Å². The zero-order valence-corrected chi connectivity index (χ0v) is 15.4. The number of hydrogen-bond donors (Lipinski definition) is 1. The summed E-state index contributed by atoms with van der Waals surface area (Å²) < 4.78 is 2.48. The Morgan fingerprint density at radius 2 is 2.00 bits per heavy atom. The molecular weight excluding hydrogens is 376 g/mol. The normalized spacial score (nSPS) is 12.7. The molecule has 5 nitrogen and oxygen atoms in total. The average Bonchev–Trinajstić information content (AvgIpc) is 2.93. The lowest BCUT2D eigenvalue weighted by atomic mass is 10.2. The van der Waals surface area contributed by atoms with Crippen LogP contribution in [0.25, 0.3) is 4.96 Å². The molecule has 2 heterocycles. The van der Waals surface area contributed by atoms with Gasteiger partial charge < -0.3 is 4.90 Å². The van der Waals surface area contributed by atoms with Gasteiger partial charge in [0.25, 0.3) is 5.56 Å². The number of rotatable bonds is 5. The monoisotopic (exact) mass is 393 g/mol. The molecule has 0 bridgehead atoms. The second-order valence-electron chi connectivity index (χ2n) is 5.57. The van der Waals surface area contributed by atoms with Crippen molar-refractivity contribution in [2.24, 2.45) is 0 Å². The fourth-order valence-corrected chi connectivity index (χ4v) is 3.57. The summed E-state index contributed by atoms with van der Waals surface area (Å²) in [4.78, 5) is 18.7. The van der Waals surface area contributed by atoms with Gasteiger partial charge in [-0.3, -0.25) is 4.79 Å². The highest BCUT2D eigenvalue weighted by Gasteiger charge is 2.11. The maximum atomic E-state index is 12.2. The summed E-state index contributed by atoms with van der Waals surface area (Å²) in [6.45, 7) is 3.62. The van der Waals surface area contributed by atoms with E-state index in [-0.39, 0.29) is 5.56 Å². The number of aromatic nitrogens is 3.